The van der Waals surface area contributed by atoms with Crippen molar-refractivity contribution >= 4 is 35.1 Å². The lowest BCUT2D eigenvalue weighted by molar-refractivity contribution is -0.131. The van der Waals surface area contributed by atoms with E-state index in [1.807, 2.05) is 6.07 Å². The zero-order valence-electron chi connectivity index (χ0n) is 13.2. The third-order valence-corrected chi connectivity index (χ3v) is 4.72. The van der Waals surface area contributed by atoms with Gasteiger partial charge in [-0.2, -0.15) is 5.26 Å². The van der Waals surface area contributed by atoms with Gasteiger partial charge in [-0.25, -0.2) is 4.79 Å². The van der Waals surface area contributed by atoms with E-state index in [4.69, 9.17) is 28.5 Å². The molecule has 25 heavy (non-hydrogen) atoms. The number of halogens is 2. The molecule has 5 nitrogen and oxygen atoms in total. The summed E-state index contributed by atoms with van der Waals surface area (Å²) in [5.74, 6) is -0.397. The number of nitrogens with zero attached hydrogens (tertiary/aromatic N) is 2. The van der Waals surface area contributed by atoms with Gasteiger partial charge in [0.05, 0.1) is 18.2 Å². The van der Waals surface area contributed by atoms with Crippen molar-refractivity contribution in [2.45, 2.75) is 19.0 Å². The molecule has 1 aliphatic heterocycles. The summed E-state index contributed by atoms with van der Waals surface area (Å²) < 4.78 is 0. The maximum Gasteiger partial charge on any atom is 0.325 e. The second kappa shape index (κ2) is 6.40. The Balaban J connectivity index is 1.90. The fraction of sp³-hybridized carbons (Fsp3) is 0.167. The Kier molecular flexibility index (Phi) is 4.42. The van der Waals surface area contributed by atoms with Crippen LogP contribution in [0.3, 0.4) is 0 Å². The van der Waals surface area contributed by atoms with Gasteiger partial charge in [0, 0.05) is 15.6 Å². The summed E-state index contributed by atoms with van der Waals surface area (Å²) in [6.07, 6.45) is 0. The summed E-state index contributed by atoms with van der Waals surface area (Å²) in [5.41, 5.74) is 0.484. The maximum absolute atomic E-state index is 12.9. The van der Waals surface area contributed by atoms with Gasteiger partial charge in [0.15, 0.2) is 0 Å². The minimum Gasteiger partial charge on any atom is -0.319 e. The van der Waals surface area contributed by atoms with Crippen molar-refractivity contribution in [3.8, 4) is 6.07 Å². The Labute approximate surface area is 154 Å². The first-order valence-electron chi connectivity index (χ1n) is 7.44. The standard InChI is InChI=1S/C18H13Cl2N3O2/c1-18(14-7-6-13(19)8-15(14)20)16(24)23(17(25)22-18)10-12-4-2-11(9-21)3-5-12/h2-8H,10H2,1H3,(H,22,25). The number of carbonyl (C=O) groups is 2. The molecule has 0 saturated carbocycles. The van der Waals surface area contributed by atoms with Crippen LogP contribution in [0.15, 0.2) is 42.5 Å². The highest BCUT2D eigenvalue weighted by Crippen LogP contribution is 2.35. The number of hydrogen-bond donors (Lipinski definition) is 1. The van der Waals surface area contributed by atoms with Gasteiger partial charge in [0.1, 0.15) is 5.54 Å². The van der Waals surface area contributed by atoms with E-state index in [9.17, 15) is 9.59 Å². The van der Waals surface area contributed by atoms with Gasteiger partial charge in [-0.1, -0.05) is 41.4 Å². The molecule has 0 aliphatic carbocycles. The topological polar surface area (TPSA) is 73.2 Å². The van der Waals surface area contributed by atoms with Crippen LogP contribution in [0.1, 0.15) is 23.6 Å². The van der Waals surface area contributed by atoms with Crippen molar-refractivity contribution in [2.75, 3.05) is 0 Å². The van der Waals surface area contributed by atoms with Crippen LogP contribution in [0.5, 0.6) is 0 Å². The van der Waals surface area contributed by atoms with E-state index in [-0.39, 0.29) is 6.54 Å². The van der Waals surface area contributed by atoms with Crippen LogP contribution in [-0.2, 0) is 16.9 Å². The van der Waals surface area contributed by atoms with Gasteiger partial charge >= 0.3 is 6.03 Å². The monoisotopic (exact) mass is 373 g/mol. The van der Waals surface area contributed by atoms with Crippen molar-refractivity contribution in [1.82, 2.24) is 10.2 Å². The number of nitrogens with one attached hydrogen (secondary N) is 1. The van der Waals surface area contributed by atoms with Gasteiger partial charge in [0.25, 0.3) is 5.91 Å². The molecule has 1 fully saturated rings. The lowest BCUT2D eigenvalue weighted by atomic mass is 9.92. The highest BCUT2D eigenvalue weighted by Gasteiger charge is 2.49. The molecule has 126 valence electrons. The average molecular weight is 374 g/mol. The molecule has 2 aromatic carbocycles. The van der Waals surface area contributed by atoms with Crippen molar-refractivity contribution < 1.29 is 9.59 Å². The molecule has 2 aromatic rings. The smallest absolute Gasteiger partial charge is 0.319 e. The van der Waals surface area contributed by atoms with Crippen LogP contribution in [0.4, 0.5) is 4.79 Å². The Morgan fingerprint density at radius 3 is 2.44 bits per heavy atom. The molecule has 7 heteroatoms. The van der Waals surface area contributed by atoms with E-state index < -0.39 is 17.5 Å². The Hall–Kier alpha value is -2.55. The number of carbonyl (C=O) groups excluding carboxylic acids is 2. The van der Waals surface area contributed by atoms with Crippen molar-refractivity contribution in [2.24, 2.45) is 0 Å². The number of nitriles is 1. The van der Waals surface area contributed by atoms with Crippen molar-refractivity contribution in [3.63, 3.8) is 0 Å². The Morgan fingerprint density at radius 2 is 1.84 bits per heavy atom. The lowest BCUT2D eigenvalue weighted by Crippen LogP contribution is -2.41. The van der Waals surface area contributed by atoms with Crippen LogP contribution in [0.25, 0.3) is 0 Å². The van der Waals surface area contributed by atoms with Crippen LogP contribution in [0, 0.1) is 11.3 Å². The fourth-order valence-electron chi connectivity index (χ4n) is 2.79. The average Bonchev–Trinajstić information content (AvgIpc) is 2.79. The van der Waals surface area contributed by atoms with Crippen LogP contribution < -0.4 is 5.32 Å². The zero-order valence-corrected chi connectivity index (χ0v) is 14.7. The third kappa shape index (κ3) is 3.07. The molecule has 1 unspecified atom stereocenters. The number of imide groups is 1. The van der Waals surface area contributed by atoms with Crippen molar-refractivity contribution in [3.05, 3.63) is 69.2 Å². The number of amides is 3. The highest BCUT2D eigenvalue weighted by molar-refractivity contribution is 6.35. The zero-order chi connectivity index (χ0) is 18.2. The molecule has 1 saturated heterocycles. The molecule has 0 aromatic heterocycles. The van der Waals surface area contributed by atoms with Gasteiger partial charge in [-0.15, -0.1) is 0 Å². The van der Waals surface area contributed by atoms with Crippen LogP contribution >= 0.6 is 23.2 Å². The molecule has 1 heterocycles. The second-order valence-electron chi connectivity index (χ2n) is 5.88. The Bertz CT molecular complexity index is 906. The highest BCUT2D eigenvalue weighted by atomic mass is 35.5. The summed E-state index contributed by atoms with van der Waals surface area (Å²) in [6.45, 7) is 1.72. The van der Waals surface area contributed by atoms with Gasteiger partial charge in [0.2, 0.25) is 0 Å². The second-order valence-corrected chi connectivity index (χ2v) is 6.72. The first-order valence-corrected chi connectivity index (χ1v) is 8.19. The number of rotatable bonds is 3. The van der Waals surface area contributed by atoms with Gasteiger partial charge < -0.3 is 5.32 Å². The van der Waals surface area contributed by atoms with Crippen LogP contribution in [-0.4, -0.2) is 16.8 Å². The maximum atomic E-state index is 12.9. The molecular weight excluding hydrogens is 361 g/mol. The lowest BCUT2D eigenvalue weighted by Gasteiger charge is -2.23. The number of hydrogen-bond acceptors (Lipinski definition) is 3. The van der Waals surface area contributed by atoms with Gasteiger partial charge in [-0.3, -0.25) is 9.69 Å². The summed E-state index contributed by atoms with van der Waals surface area (Å²) in [5, 5.41) is 12.3. The van der Waals surface area contributed by atoms with E-state index in [1.165, 1.54) is 6.07 Å². The summed E-state index contributed by atoms with van der Waals surface area (Å²) in [7, 11) is 0. The minimum absolute atomic E-state index is 0.108. The molecule has 1 N–H and O–H groups in total. The fourth-order valence-corrected chi connectivity index (χ4v) is 3.38. The van der Waals surface area contributed by atoms with Crippen LogP contribution in [0.2, 0.25) is 10.0 Å². The predicted molar refractivity (Wildman–Crippen MR) is 94.1 cm³/mol. The summed E-state index contributed by atoms with van der Waals surface area (Å²) >= 11 is 12.1. The number of benzene rings is 2. The van der Waals surface area contributed by atoms with E-state index in [0.29, 0.717) is 21.2 Å². The largest absolute Gasteiger partial charge is 0.325 e. The SMILES string of the molecule is CC1(c2ccc(Cl)cc2Cl)NC(=O)N(Cc2ccc(C#N)cc2)C1=O. The number of urea groups is 1. The first kappa shape index (κ1) is 17.3. The summed E-state index contributed by atoms with van der Waals surface area (Å²) in [6, 6.07) is 13.0. The van der Waals surface area contributed by atoms with Gasteiger partial charge in [-0.05, 0) is 36.8 Å². The normalized spacial score (nSPS) is 19.7. The molecule has 1 aliphatic rings. The molecule has 0 bridgehead atoms. The molecule has 0 spiro atoms. The van der Waals surface area contributed by atoms with E-state index >= 15 is 0 Å². The molecular formula is C18H13Cl2N3O2. The van der Waals surface area contributed by atoms with E-state index in [2.05, 4.69) is 5.32 Å². The van der Waals surface area contributed by atoms with E-state index in [0.717, 1.165) is 10.5 Å². The molecule has 3 rings (SSSR count). The predicted octanol–water partition coefficient (Wildman–Crippen LogP) is 3.83. The molecule has 1 atom stereocenters. The Morgan fingerprint density at radius 1 is 1.16 bits per heavy atom. The molecule has 3 amide bonds. The minimum atomic E-state index is -1.26. The van der Waals surface area contributed by atoms with Crippen molar-refractivity contribution in [1.29, 1.82) is 5.26 Å². The van der Waals surface area contributed by atoms with E-state index in [1.54, 1.807) is 43.3 Å². The molecule has 0 radical (unpaired) electrons. The summed E-state index contributed by atoms with van der Waals surface area (Å²) in [4.78, 5) is 26.4. The first-order chi connectivity index (χ1) is 11.8. The third-order valence-electron chi connectivity index (χ3n) is 4.17. The quantitative estimate of drug-likeness (QED) is 0.830.